The lowest BCUT2D eigenvalue weighted by atomic mass is 9.80. The van der Waals surface area contributed by atoms with Crippen molar-refractivity contribution in [3.8, 4) is 58.7 Å². The van der Waals surface area contributed by atoms with Crippen LogP contribution in [0.25, 0.3) is 22.0 Å². The van der Waals surface area contributed by atoms with E-state index in [2.05, 4.69) is 59.8 Å². The number of unbranched alkanes of at least 4 members (excludes halogenated alkanes) is 5. The van der Waals surface area contributed by atoms with Crippen LogP contribution in [-0.4, -0.2) is 34.7 Å². The molecule has 53 heavy (non-hydrogen) atoms. The first-order chi connectivity index (χ1) is 25.7. The number of ether oxygens (including phenoxy) is 2. The summed E-state index contributed by atoms with van der Waals surface area (Å²) in [6, 6.07) is 14.5. The van der Waals surface area contributed by atoms with E-state index in [1.165, 1.54) is 29.7 Å². The van der Waals surface area contributed by atoms with Gasteiger partial charge in [0.25, 0.3) is 5.56 Å². The topological polar surface area (TPSA) is 121 Å². The highest BCUT2D eigenvalue weighted by molar-refractivity contribution is 6.30. The average molecular weight is 705 g/mol. The number of pyridine rings is 1. The average Bonchev–Trinajstić information content (AvgIpc) is 3.15. The Labute approximate surface area is 308 Å². The summed E-state index contributed by atoms with van der Waals surface area (Å²) in [7, 11) is 1.55. The lowest BCUT2D eigenvalue weighted by Gasteiger charge is -2.25. The third-order valence-corrected chi connectivity index (χ3v) is 8.63. The lowest BCUT2D eigenvalue weighted by molar-refractivity contribution is 0.0497. The molecule has 0 saturated carbocycles. The van der Waals surface area contributed by atoms with Gasteiger partial charge in [0, 0.05) is 47.0 Å². The van der Waals surface area contributed by atoms with Crippen molar-refractivity contribution in [2.24, 2.45) is 7.05 Å². The highest BCUT2D eigenvalue weighted by Crippen LogP contribution is 2.43. The minimum absolute atomic E-state index is 0.0187. The molecular weight excluding hydrogens is 668 g/mol. The van der Waals surface area contributed by atoms with Gasteiger partial charge in [-0.2, -0.15) is 0 Å². The van der Waals surface area contributed by atoms with Crippen molar-refractivity contribution in [3.63, 3.8) is 0 Å². The second-order valence-corrected chi connectivity index (χ2v) is 12.2. The minimum atomic E-state index is -0.857. The molecule has 0 bridgehead atoms. The predicted octanol–water partition coefficient (Wildman–Crippen LogP) is 7.36. The van der Waals surface area contributed by atoms with E-state index in [1.807, 2.05) is 0 Å². The summed E-state index contributed by atoms with van der Waals surface area (Å²) < 4.78 is 12.0. The summed E-state index contributed by atoms with van der Waals surface area (Å²) in [4.78, 5) is 67.1. The number of benzene rings is 3. The molecule has 9 heteroatoms. The third-order valence-electron chi connectivity index (χ3n) is 8.63. The number of anilines is 2. The van der Waals surface area contributed by atoms with E-state index >= 15 is 0 Å². The summed E-state index contributed by atoms with van der Waals surface area (Å²) in [6.07, 6.45) is 8.32. The van der Waals surface area contributed by atoms with Gasteiger partial charge in [-0.1, -0.05) is 69.2 Å². The van der Waals surface area contributed by atoms with Crippen LogP contribution in [0, 0.1) is 47.5 Å². The molecule has 0 saturated heterocycles. The number of ketones is 2. The molecule has 0 spiro atoms. The zero-order chi connectivity index (χ0) is 37.9. The number of carbonyl (C=O) groups excluding carboxylic acids is 4. The monoisotopic (exact) mass is 704 g/mol. The first-order valence-electron chi connectivity index (χ1n) is 17.2. The summed E-state index contributed by atoms with van der Waals surface area (Å²) in [5.74, 6) is 15.2. The van der Waals surface area contributed by atoms with E-state index in [0.29, 0.717) is 39.7 Å². The van der Waals surface area contributed by atoms with Crippen LogP contribution in [0.15, 0.2) is 59.4 Å². The van der Waals surface area contributed by atoms with Gasteiger partial charge >= 0.3 is 11.9 Å². The summed E-state index contributed by atoms with van der Waals surface area (Å²) in [5.41, 5.74) is 2.04. The normalized spacial score (nSPS) is 10.5. The molecule has 3 aromatic carbocycles. The van der Waals surface area contributed by atoms with Crippen molar-refractivity contribution < 1.29 is 28.7 Å². The zero-order valence-electron chi connectivity index (χ0n) is 30.0. The number of hydrogen-bond acceptors (Lipinski definition) is 8. The van der Waals surface area contributed by atoms with Crippen LogP contribution in [0.1, 0.15) is 106 Å². The fourth-order valence-corrected chi connectivity index (χ4v) is 6.17. The second kappa shape index (κ2) is 17.4. The number of nitrogens with zero attached hydrogens (tertiary/aromatic N) is 1. The van der Waals surface area contributed by atoms with Crippen LogP contribution in [0.2, 0.25) is 0 Å². The fourth-order valence-electron chi connectivity index (χ4n) is 6.17. The molecule has 1 heterocycles. The van der Waals surface area contributed by atoms with Crippen LogP contribution in [0.5, 0.6) is 0 Å². The van der Waals surface area contributed by atoms with Gasteiger partial charge in [0.1, 0.15) is 6.11 Å². The Morgan fingerprint density at radius 2 is 1.43 bits per heavy atom. The number of carbonyl (C=O) groups is 4. The van der Waals surface area contributed by atoms with Crippen molar-refractivity contribution >= 4 is 45.8 Å². The van der Waals surface area contributed by atoms with E-state index in [0.717, 1.165) is 32.1 Å². The predicted molar refractivity (Wildman–Crippen MR) is 204 cm³/mol. The maximum atomic E-state index is 14.2. The quantitative estimate of drug-likeness (QED) is 0.0619. The molecule has 1 N–H and O–H groups in total. The Morgan fingerprint density at radius 3 is 2.15 bits per heavy atom. The molecular formula is C44H36N2O7. The number of aromatic nitrogens is 1. The molecule has 0 fully saturated rings. The van der Waals surface area contributed by atoms with Crippen LogP contribution in [0.3, 0.4) is 0 Å². The number of Topliss-reactive ketones (excluding diaryl/α,β-unsaturated/α-hetero) is 1. The van der Waals surface area contributed by atoms with Crippen molar-refractivity contribution in [1.29, 1.82) is 0 Å². The van der Waals surface area contributed by atoms with Crippen LogP contribution in [0.4, 0.5) is 11.4 Å². The molecule has 1 aliphatic rings. The maximum absolute atomic E-state index is 14.2. The van der Waals surface area contributed by atoms with Gasteiger partial charge in [-0.25, -0.2) is 9.59 Å². The Bertz CT molecular complexity index is 2480. The smallest absolute Gasteiger partial charge is 0.352 e. The minimum Gasteiger partial charge on any atom is -0.462 e. The first-order valence-corrected chi connectivity index (χ1v) is 17.2. The Balaban J connectivity index is 1.55. The number of nitrogens with one attached hydrogen (secondary N) is 1. The first kappa shape index (κ1) is 37.4. The van der Waals surface area contributed by atoms with Crippen LogP contribution in [-0.2, 0) is 16.5 Å². The Morgan fingerprint density at radius 1 is 0.774 bits per heavy atom. The van der Waals surface area contributed by atoms with Crippen LogP contribution >= 0.6 is 0 Å². The SMILES string of the molecule is CC#CC#CC#CC#COC(=O)c1cc(Nc2ccc3c4c2C(=O)c2ccccc2-c4c(C(C)=O)c(=O)n3C)cc(C(=O)OCCCCCCCC)c1. The molecule has 0 aliphatic heterocycles. The summed E-state index contributed by atoms with van der Waals surface area (Å²) in [5, 5.41) is 3.65. The van der Waals surface area contributed by atoms with E-state index < -0.39 is 23.3 Å². The summed E-state index contributed by atoms with van der Waals surface area (Å²) in [6.45, 7) is 5.33. The van der Waals surface area contributed by atoms with Gasteiger partial charge < -0.3 is 19.4 Å². The van der Waals surface area contributed by atoms with E-state index in [9.17, 15) is 24.0 Å². The van der Waals surface area contributed by atoms with Gasteiger partial charge in [0.2, 0.25) is 0 Å². The number of rotatable bonds is 12. The van der Waals surface area contributed by atoms with Gasteiger partial charge in [-0.15, -0.1) is 0 Å². The summed E-state index contributed by atoms with van der Waals surface area (Å²) >= 11 is 0. The molecule has 1 aliphatic carbocycles. The number of esters is 2. The second-order valence-electron chi connectivity index (χ2n) is 12.2. The molecule has 0 radical (unpaired) electrons. The zero-order valence-corrected chi connectivity index (χ0v) is 30.0. The Hall–Kier alpha value is -6.81. The van der Waals surface area contributed by atoms with Gasteiger partial charge in [-0.05, 0) is 73.9 Å². The highest BCUT2D eigenvalue weighted by Gasteiger charge is 2.33. The van der Waals surface area contributed by atoms with Crippen LogP contribution < -0.4 is 10.9 Å². The number of aryl methyl sites for hydroxylation is 1. The molecule has 0 atom stereocenters. The highest BCUT2D eigenvalue weighted by atomic mass is 16.5. The molecule has 264 valence electrons. The van der Waals surface area contributed by atoms with E-state index in [1.54, 1.807) is 50.4 Å². The molecule has 5 rings (SSSR count). The van der Waals surface area contributed by atoms with E-state index in [4.69, 9.17) is 9.47 Å². The van der Waals surface area contributed by atoms with Gasteiger partial charge in [0.15, 0.2) is 11.6 Å². The lowest BCUT2D eigenvalue weighted by Crippen LogP contribution is -2.27. The third kappa shape index (κ3) is 8.40. The number of hydrogen-bond donors (Lipinski definition) is 1. The number of fused-ring (bicyclic) bond motifs is 2. The van der Waals surface area contributed by atoms with Gasteiger partial charge in [-0.3, -0.25) is 14.4 Å². The van der Waals surface area contributed by atoms with Gasteiger partial charge in [0.05, 0.1) is 40.1 Å². The molecule has 0 amide bonds. The molecule has 0 unspecified atom stereocenters. The van der Waals surface area contributed by atoms with Crippen molar-refractivity contribution in [2.75, 3.05) is 11.9 Å². The van der Waals surface area contributed by atoms with Crippen molar-refractivity contribution in [3.05, 3.63) is 92.8 Å². The maximum Gasteiger partial charge on any atom is 0.352 e. The standard InChI is InChI=1S/C44H36N2O7/c1-5-7-9-11-13-15-19-25-53-44(51)31-26-30(43(50)52-24-18-14-12-10-8-6-2)27-32(28-31)45-35-22-23-36-40-38(37(29(3)47)42(49)46(36)4)33-20-16-17-21-34(33)41(48)39(35)40/h16-17,20-23,26-28,45H,6,8,10,12,14,18,24H2,1-4H3. The molecule has 9 nitrogen and oxygen atoms in total. The largest absolute Gasteiger partial charge is 0.462 e. The van der Waals surface area contributed by atoms with E-state index in [-0.39, 0.29) is 40.3 Å². The molecule has 4 aromatic rings. The fraction of sp³-hybridized carbons (Fsp3) is 0.250. The Kier molecular flexibility index (Phi) is 12.3. The van der Waals surface area contributed by atoms with Crippen molar-refractivity contribution in [1.82, 2.24) is 4.57 Å². The molecule has 1 aromatic heterocycles. The van der Waals surface area contributed by atoms with Crippen molar-refractivity contribution in [2.45, 2.75) is 59.3 Å².